The number of anilines is 2. The number of benzene rings is 1. The number of esters is 1. The van der Waals surface area contributed by atoms with Gasteiger partial charge in [-0.3, -0.25) is 4.79 Å². The van der Waals surface area contributed by atoms with E-state index in [9.17, 15) is 9.59 Å². The first-order valence-electron chi connectivity index (χ1n) is 8.48. The standard InChI is InChI=1S/C19H20ClN3O3/c1-26-19(25)12-6-8-15(20)17(10-12)22-14-7-9-16(21-11-14)18(24)23-13-4-2-3-5-13/h6-11,13,22H,2-5H2,1H3,(H,23,24). The zero-order valence-electron chi connectivity index (χ0n) is 14.4. The van der Waals surface area contributed by atoms with Crippen LogP contribution >= 0.6 is 11.6 Å². The van der Waals surface area contributed by atoms with Crippen molar-refractivity contribution in [3.05, 3.63) is 52.8 Å². The molecule has 0 saturated heterocycles. The predicted molar refractivity (Wildman–Crippen MR) is 100 cm³/mol. The number of carbonyl (C=O) groups excluding carboxylic acids is 2. The van der Waals surface area contributed by atoms with Crippen LogP contribution in [0.15, 0.2) is 36.5 Å². The van der Waals surface area contributed by atoms with Gasteiger partial charge in [-0.25, -0.2) is 9.78 Å². The molecule has 0 bridgehead atoms. The third-order valence-electron chi connectivity index (χ3n) is 4.35. The normalized spacial score (nSPS) is 14.1. The summed E-state index contributed by atoms with van der Waals surface area (Å²) in [6, 6.07) is 8.47. The van der Waals surface area contributed by atoms with Crippen LogP contribution in [0, 0.1) is 0 Å². The molecule has 1 saturated carbocycles. The summed E-state index contributed by atoms with van der Waals surface area (Å²) in [6.07, 6.45) is 5.94. The van der Waals surface area contributed by atoms with Crippen LogP contribution in [0.3, 0.4) is 0 Å². The Hall–Kier alpha value is -2.60. The molecular formula is C19H20ClN3O3. The van der Waals surface area contributed by atoms with Gasteiger partial charge in [0.05, 0.1) is 35.3 Å². The van der Waals surface area contributed by atoms with Gasteiger partial charge < -0.3 is 15.4 Å². The van der Waals surface area contributed by atoms with Crippen molar-refractivity contribution in [1.29, 1.82) is 0 Å². The fraction of sp³-hybridized carbons (Fsp3) is 0.316. The summed E-state index contributed by atoms with van der Waals surface area (Å²) in [5.74, 6) is -0.601. The van der Waals surface area contributed by atoms with E-state index in [1.807, 2.05) is 0 Å². The number of carbonyl (C=O) groups is 2. The Kier molecular flexibility index (Phi) is 5.73. The lowest BCUT2D eigenvalue weighted by atomic mass is 10.2. The second kappa shape index (κ2) is 8.19. The molecule has 1 fully saturated rings. The average Bonchev–Trinajstić information content (AvgIpc) is 3.16. The molecule has 2 N–H and O–H groups in total. The van der Waals surface area contributed by atoms with E-state index in [1.54, 1.807) is 36.5 Å². The average molecular weight is 374 g/mol. The molecule has 136 valence electrons. The van der Waals surface area contributed by atoms with Crippen LogP contribution < -0.4 is 10.6 Å². The van der Waals surface area contributed by atoms with E-state index in [4.69, 9.17) is 16.3 Å². The fourth-order valence-corrected chi connectivity index (χ4v) is 3.12. The first-order valence-corrected chi connectivity index (χ1v) is 8.86. The molecule has 3 rings (SSSR count). The molecule has 1 amide bonds. The lowest BCUT2D eigenvalue weighted by Crippen LogP contribution is -2.33. The van der Waals surface area contributed by atoms with Gasteiger partial charge in [0.1, 0.15) is 5.69 Å². The Morgan fingerprint density at radius 2 is 1.96 bits per heavy atom. The minimum Gasteiger partial charge on any atom is -0.465 e. The van der Waals surface area contributed by atoms with Gasteiger partial charge in [0.25, 0.3) is 5.91 Å². The van der Waals surface area contributed by atoms with Crippen LogP contribution in [0.4, 0.5) is 11.4 Å². The molecule has 0 unspecified atom stereocenters. The summed E-state index contributed by atoms with van der Waals surface area (Å²) >= 11 is 6.17. The number of nitrogens with zero attached hydrogens (tertiary/aromatic N) is 1. The van der Waals surface area contributed by atoms with Gasteiger partial charge in [-0.05, 0) is 43.2 Å². The smallest absolute Gasteiger partial charge is 0.337 e. The third-order valence-corrected chi connectivity index (χ3v) is 4.68. The molecule has 0 aliphatic heterocycles. The summed E-state index contributed by atoms with van der Waals surface area (Å²) in [6.45, 7) is 0. The molecule has 1 heterocycles. The van der Waals surface area contributed by atoms with Crippen LogP contribution in [0.5, 0.6) is 0 Å². The molecule has 1 aliphatic rings. The Bertz CT molecular complexity index is 802. The topological polar surface area (TPSA) is 80.3 Å². The van der Waals surface area contributed by atoms with Crippen LogP contribution in [-0.2, 0) is 4.74 Å². The van der Waals surface area contributed by atoms with Crippen LogP contribution in [0.1, 0.15) is 46.5 Å². The summed E-state index contributed by atoms with van der Waals surface area (Å²) in [5.41, 5.74) is 1.97. The summed E-state index contributed by atoms with van der Waals surface area (Å²) in [5, 5.41) is 6.56. The first-order chi connectivity index (χ1) is 12.6. The molecule has 1 aromatic carbocycles. The van der Waals surface area contributed by atoms with E-state index in [0.717, 1.165) is 25.7 Å². The van der Waals surface area contributed by atoms with Crippen molar-refractivity contribution in [1.82, 2.24) is 10.3 Å². The molecule has 1 aromatic heterocycles. The second-order valence-electron chi connectivity index (χ2n) is 6.20. The lowest BCUT2D eigenvalue weighted by molar-refractivity contribution is 0.0600. The number of nitrogens with one attached hydrogen (secondary N) is 2. The third kappa shape index (κ3) is 4.32. The Morgan fingerprint density at radius 1 is 1.19 bits per heavy atom. The zero-order chi connectivity index (χ0) is 18.5. The number of rotatable bonds is 5. The van der Waals surface area contributed by atoms with Crippen LogP contribution in [0.25, 0.3) is 0 Å². The molecular weight excluding hydrogens is 354 g/mol. The zero-order valence-corrected chi connectivity index (χ0v) is 15.2. The summed E-state index contributed by atoms with van der Waals surface area (Å²) in [4.78, 5) is 28.1. The number of hydrogen-bond acceptors (Lipinski definition) is 5. The van der Waals surface area contributed by atoms with Crippen LogP contribution in [0.2, 0.25) is 5.02 Å². The van der Waals surface area contributed by atoms with E-state index >= 15 is 0 Å². The highest BCUT2D eigenvalue weighted by molar-refractivity contribution is 6.33. The number of amides is 1. The number of aromatic nitrogens is 1. The van der Waals surface area contributed by atoms with E-state index in [2.05, 4.69) is 15.6 Å². The van der Waals surface area contributed by atoms with Gasteiger partial charge in [-0.2, -0.15) is 0 Å². The number of ether oxygens (including phenoxy) is 1. The largest absolute Gasteiger partial charge is 0.465 e. The molecule has 26 heavy (non-hydrogen) atoms. The van der Waals surface area contributed by atoms with Gasteiger partial charge in [0.15, 0.2) is 0 Å². The Labute approximate surface area is 156 Å². The lowest BCUT2D eigenvalue weighted by Gasteiger charge is -2.12. The fourth-order valence-electron chi connectivity index (χ4n) is 2.95. The quantitative estimate of drug-likeness (QED) is 0.776. The van der Waals surface area contributed by atoms with Crippen molar-refractivity contribution in [3.63, 3.8) is 0 Å². The maximum atomic E-state index is 12.2. The second-order valence-corrected chi connectivity index (χ2v) is 6.61. The molecule has 1 aliphatic carbocycles. The number of pyridine rings is 1. The van der Waals surface area contributed by atoms with Crippen molar-refractivity contribution in [2.75, 3.05) is 12.4 Å². The minimum absolute atomic E-state index is 0.158. The van der Waals surface area contributed by atoms with Gasteiger partial charge in [0, 0.05) is 6.04 Å². The van der Waals surface area contributed by atoms with Crippen LogP contribution in [-0.4, -0.2) is 30.0 Å². The van der Waals surface area contributed by atoms with E-state index in [1.165, 1.54) is 7.11 Å². The molecule has 0 spiro atoms. The maximum absolute atomic E-state index is 12.2. The van der Waals surface area contributed by atoms with Gasteiger partial charge in [0.2, 0.25) is 0 Å². The highest BCUT2D eigenvalue weighted by Crippen LogP contribution is 2.27. The van der Waals surface area contributed by atoms with Gasteiger partial charge in [-0.15, -0.1) is 0 Å². The number of halogens is 1. The van der Waals surface area contributed by atoms with E-state index in [-0.39, 0.29) is 11.9 Å². The number of hydrogen-bond donors (Lipinski definition) is 2. The summed E-state index contributed by atoms with van der Waals surface area (Å²) in [7, 11) is 1.32. The minimum atomic E-state index is -0.443. The van der Waals surface area contributed by atoms with E-state index < -0.39 is 5.97 Å². The molecule has 7 heteroatoms. The van der Waals surface area contributed by atoms with E-state index in [0.29, 0.717) is 27.7 Å². The Balaban J connectivity index is 1.69. The summed E-state index contributed by atoms with van der Waals surface area (Å²) < 4.78 is 4.71. The molecule has 0 atom stereocenters. The van der Waals surface area contributed by atoms with Crippen molar-refractivity contribution in [3.8, 4) is 0 Å². The SMILES string of the molecule is COC(=O)c1ccc(Cl)c(Nc2ccc(C(=O)NC3CCCC3)nc2)c1. The highest BCUT2D eigenvalue weighted by Gasteiger charge is 2.18. The predicted octanol–water partition coefficient (Wildman–Crippen LogP) is 3.94. The van der Waals surface area contributed by atoms with Crippen molar-refractivity contribution in [2.45, 2.75) is 31.7 Å². The van der Waals surface area contributed by atoms with Crippen molar-refractivity contribution >= 4 is 34.9 Å². The maximum Gasteiger partial charge on any atom is 0.337 e. The molecule has 0 radical (unpaired) electrons. The molecule has 2 aromatic rings. The highest BCUT2D eigenvalue weighted by atomic mass is 35.5. The van der Waals surface area contributed by atoms with Crippen molar-refractivity contribution in [2.24, 2.45) is 0 Å². The Morgan fingerprint density at radius 3 is 2.62 bits per heavy atom. The van der Waals surface area contributed by atoms with Gasteiger partial charge >= 0.3 is 5.97 Å². The van der Waals surface area contributed by atoms with Crippen molar-refractivity contribution < 1.29 is 14.3 Å². The number of methoxy groups -OCH3 is 1. The monoisotopic (exact) mass is 373 g/mol. The van der Waals surface area contributed by atoms with Gasteiger partial charge in [-0.1, -0.05) is 24.4 Å². The first kappa shape index (κ1) is 18.2. The molecule has 6 nitrogen and oxygen atoms in total.